The van der Waals surface area contributed by atoms with Crippen molar-refractivity contribution in [3.8, 4) is 0 Å². The summed E-state index contributed by atoms with van der Waals surface area (Å²) in [7, 11) is 0. The molecule has 4 heteroatoms. The van der Waals surface area contributed by atoms with Crippen LogP contribution in [0.25, 0.3) is 0 Å². The Labute approximate surface area is 192 Å². The lowest BCUT2D eigenvalue weighted by atomic mass is 10.1. The van der Waals surface area contributed by atoms with Crippen LogP contribution in [0.2, 0.25) is 0 Å². The Morgan fingerprint density at radius 2 is 1.00 bits per heavy atom. The summed E-state index contributed by atoms with van der Waals surface area (Å²) in [5, 5.41) is 0. The van der Waals surface area contributed by atoms with E-state index in [-0.39, 0.29) is 11.9 Å². The molecule has 0 radical (unpaired) electrons. The third kappa shape index (κ3) is 24.8. The van der Waals surface area contributed by atoms with Crippen molar-refractivity contribution in [2.45, 2.75) is 136 Å². The lowest BCUT2D eigenvalue weighted by Crippen LogP contribution is -2.05. The molecule has 182 valence electrons. The average molecular weight is 439 g/mol. The number of allylic oxidation sites excluding steroid dienone is 1. The molecule has 0 heterocycles. The molecular weight excluding hydrogens is 388 g/mol. The molecule has 0 spiro atoms. The molecule has 0 aliphatic heterocycles. The highest BCUT2D eigenvalue weighted by Gasteiger charge is 2.04. The van der Waals surface area contributed by atoms with Crippen molar-refractivity contribution < 1.29 is 19.1 Å². The number of carbonyl (C=O) groups excluding carboxylic acids is 2. The van der Waals surface area contributed by atoms with E-state index in [9.17, 15) is 9.59 Å². The predicted molar refractivity (Wildman–Crippen MR) is 130 cm³/mol. The maximum atomic E-state index is 11.8. The van der Waals surface area contributed by atoms with Crippen LogP contribution in [-0.2, 0) is 19.1 Å². The molecule has 0 saturated carbocycles. The second-order valence-electron chi connectivity index (χ2n) is 8.99. The molecule has 0 rings (SSSR count). The molecule has 31 heavy (non-hydrogen) atoms. The van der Waals surface area contributed by atoms with Crippen LogP contribution in [0, 0.1) is 0 Å². The standard InChI is InChI=1S/C27H50O4/c1-4-5-6-7-8-9-10-13-16-19-23-30-26(28)20-17-14-11-12-15-18-21-27(29)31-24-22-25(2)3/h22H,4-21,23-24H2,1-3H3. The number of unbranched alkanes of at least 4 members (excludes halogenated alkanes) is 14. The molecule has 0 N–H and O–H groups in total. The largest absolute Gasteiger partial charge is 0.466 e. The molecule has 0 aromatic rings. The van der Waals surface area contributed by atoms with E-state index in [1.54, 1.807) is 0 Å². The smallest absolute Gasteiger partial charge is 0.306 e. The maximum Gasteiger partial charge on any atom is 0.306 e. The molecular formula is C27H50O4. The lowest BCUT2D eigenvalue weighted by Gasteiger charge is -2.06. The van der Waals surface area contributed by atoms with Crippen LogP contribution in [0.1, 0.15) is 136 Å². The number of carbonyl (C=O) groups is 2. The molecule has 0 atom stereocenters. The monoisotopic (exact) mass is 438 g/mol. The Kier molecular flexibility index (Phi) is 22.4. The van der Waals surface area contributed by atoms with E-state index in [4.69, 9.17) is 9.47 Å². The van der Waals surface area contributed by atoms with Gasteiger partial charge in [-0.25, -0.2) is 0 Å². The van der Waals surface area contributed by atoms with Gasteiger partial charge in [0.2, 0.25) is 0 Å². The molecule has 0 amide bonds. The molecule has 0 aromatic carbocycles. The van der Waals surface area contributed by atoms with Crippen LogP contribution in [0.15, 0.2) is 11.6 Å². The van der Waals surface area contributed by atoms with Crippen LogP contribution < -0.4 is 0 Å². The third-order valence-corrected chi connectivity index (χ3v) is 5.51. The fraction of sp³-hybridized carbons (Fsp3) is 0.852. The van der Waals surface area contributed by atoms with E-state index < -0.39 is 0 Å². The molecule has 0 unspecified atom stereocenters. The first kappa shape index (κ1) is 29.7. The normalized spacial score (nSPS) is 10.7. The number of esters is 2. The van der Waals surface area contributed by atoms with Gasteiger partial charge in [0.15, 0.2) is 0 Å². The van der Waals surface area contributed by atoms with Crippen LogP contribution in [0.4, 0.5) is 0 Å². The Morgan fingerprint density at radius 3 is 1.48 bits per heavy atom. The summed E-state index contributed by atoms with van der Waals surface area (Å²) in [6.45, 7) is 7.21. The van der Waals surface area contributed by atoms with Gasteiger partial charge in [0, 0.05) is 12.8 Å². The van der Waals surface area contributed by atoms with Gasteiger partial charge in [0.25, 0.3) is 0 Å². The second-order valence-corrected chi connectivity index (χ2v) is 8.99. The minimum absolute atomic E-state index is 0.0463. The Balaban J connectivity index is 3.28. The quantitative estimate of drug-likeness (QED) is 0.0973. The fourth-order valence-corrected chi connectivity index (χ4v) is 3.47. The van der Waals surface area contributed by atoms with Crippen LogP contribution in [-0.4, -0.2) is 25.2 Å². The molecule has 0 aliphatic rings. The number of hydrogen-bond acceptors (Lipinski definition) is 4. The van der Waals surface area contributed by atoms with Gasteiger partial charge in [0.1, 0.15) is 6.61 Å². The molecule has 0 fully saturated rings. The topological polar surface area (TPSA) is 52.6 Å². The van der Waals surface area contributed by atoms with E-state index in [0.717, 1.165) is 50.5 Å². The third-order valence-electron chi connectivity index (χ3n) is 5.51. The van der Waals surface area contributed by atoms with E-state index in [0.29, 0.717) is 26.1 Å². The molecule has 0 aliphatic carbocycles. The summed E-state index contributed by atoms with van der Waals surface area (Å²) in [5.41, 5.74) is 1.16. The van der Waals surface area contributed by atoms with Crippen molar-refractivity contribution in [2.24, 2.45) is 0 Å². The van der Waals surface area contributed by atoms with Crippen molar-refractivity contribution in [3.63, 3.8) is 0 Å². The molecule has 0 saturated heterocycles. The highest BCUT2D eigenvalue weighted by molar-refractivity contribution is 5.69. The first-order valence-electron chi connectivity index (χ1n) is 13.0. The van der Waals surface area contributed by atoms with Gasteiger partial charge in [-0.1, -0.05) is 96.0 Å². The maximum absolute atomic E-state index is 11.8. The van der Waals surface area contributed by atoms with E-state index in [2.05, 4.69) is 6.92 Å². The Hall–Kier alpha value is -1.32. The zero-order valence-corrected chi connectivity index (χ0v) is 20.9. The molecule has 4 nitrogen and oxygen atoms in total. The fourth-order valence-electron chi connectivity index (χ4n) is 3.47. The summed E-state index contributed by atoms with van der Waals surface area (Å²) in [5.74, 6) is -0.155. The van der Waals surface area contributed by atoms with Gasteiger partial charge < -0.3 is 9.47 Å². The zero-order valence-electron chi connectivity index (χ0n) is 20.9. The molecule has 0 bridgehead atoms. The highest BCUT2D eigenvalue weighted by Crippen LogP contribution is 2.12. The van der Waals surface area contributed by atoms with Crippen LogP contribution in [0.3, 0.4) is 0 Å². The SMILES string of the molecule is CCCCCCCCCCCCOC(=O)CCCCCCCCC(=O)OCC=C(C)C. The number of hydrogen-bond donors (Lipinski definition) is 0. The van der Waals surface area contributed by atoms with Crippen molar-refractivity contribution in [1.82, 2.24) is 0 Å². The van der Waals surface area contributed by atoms with Crippen LogP contribution in [0.5, 0.6) is 0 Å². The second kappa shape index (κ2) is 23.3. The van der Waals surface area contributed by atoms with Crippen molar-refractivity contribution >= 4 is 11.9 Å². The summed E-state index contributed by atoms with van der Waals surface area (Å²) in [6, 6.07) is 0. The first-order chi connectivity index (χ1) is 15.1. The summed E-state index contributed by atoms with van der Waals surface area (Å²) in [4.78, 5) is 23.3. The van der Waals surface area contributed by atoms with Crippen LogP contribution >= 0.6 is 0 Å². The number of ether oxygens (including phenoxy) is 2. The Bertz CT molecular complexity index is 452. The molecule has 0 aromatic heterocycles. The summed E-state index contributed by atoms with van der Waals surface area (Å²) >= 11 is 0. The summed E-state index contributed by atoms with van der Waals surface area (Å²) < 4.78 is 10.5. The summed E-state index contributed by atoms with van der Waals surface area (Å²) in [6.07, 6.45) is 22.0. The minimum atomic E-state index is -0.109. The zero-order chi connectivity index (χ0) is 23.0. The van der Waals surface area contributed by atoms with Gasteiger partial charge in [-0.2, -0.15) is 0 Å². The lowest BCUT2D eigenvalue weighted by molar-refractivity contribution is -0.144. The van der Waals surface area contributed by atoms with Gasteiger partial charge in [0.05, 0.1) is 6.61 Å². The van der Waals surface area contributed by atoms with Gasteiger partial charge in [-0.15, -0.1) is 0 Å². The van der Waals surface area contributed by atoms with Gasteiger partial charge in [-0.05, 0) is 39.2 Å². The van der Waals surface area contributed by atoms with E-state index in [1.807, 2.05) is 19.9 Å². The predicted octanol–water partition coefficient (Wildman–Crippen LogP) is 8.08. The minimum Gasteiger partial charge on any atom is -0.466 e. The average Bonchev–Trinajstić information content (AvgIpc) is 2.73. The van der Waals surface area contributed by atoms with Crippen molar-refractivity contribution in [3.05, 3.63) is 11.6 Å². The first-order valence-corrected chi connectivity index (χ1v) is 13.0. The highest BCUT2D eigenvalue weighted by atomic mass is 16.5. The number of rotatable bonds is 22. The van der Waals surface area contributed by atoms with Crippen molar-refractivity contribution in [2.75, 3.05) is 13.2 Å². The van der Waals surface area contributed by atoms with Gasteiger partial charge >= 0.3 is 11.9 Å². The van der Waals surface area contributed by atoms with Gasteiger partial charge in [-0.3, -0.25) is 9.59 Å². The van der Waals surface area contributed by atoms with Crippen molar-refractivity contribution in [1.29, 1.82) is 0 Å². The van der Waals surface area contributed by atoms with E-state index >= 15 is 0 Å². The Morgan fingerprint density at radius 1 is 0.581 bits per heavy atom. The van der Waals surface area contributed by atoms with E-state index in [1.165, 1.54) is 57.8 Å².